The summed E-state index contributed by atoms with van der Waals surface area (Å²) in [6.07, 6.45) is 8.00. The summed E-state index contributed by atoms with van der Waals surface area (Å²) in [6, 6.07) is 14.7. The number of piperazine rings is 1. The molecule has 0 saturated carbocycles. The van der Waals surface area contributed by atoms with Crippen molar-refractivity contribution < 1.29 is 33.8 Å². The van der Waals surface area contributed by atoms with Crippen molar-refractivity contribution in [2.75, 3.05) is 67.1 Å². The Labute approximate surface area is 403 Å². The molecule has 368 valence electrons. The number of ether oxygens (including phenoxy) is 2. The fourth-order valence-corrected chi connectivity index (χ4v) is 9.31. The molecular weight excluding hydrogens is 861 g/mol. The quantitative estimate of drug-likeness (QED) is 0.0522. The first-order chi connectivity index (χ1) is 32.5. The predicted molar refractivity (Wildman–Crippen MR) is 268 cm³/mol. The monoisotopic (exact) mass is 935 g/mol. The molecule has 4 heterocycles. The van der Waals surface area contributed by atoms with E-state index in [-0.39, 0.29) is 47.3 Å². The number of methoxy groups -OCH3 is 1. The number of phenols is 1. The maximum Gasteiger partial charge on any atom is 0.259 e. The molecule has 0 aliphatic carbocycles. The number of carbonyl (C=O) groups excluding carboxylic acids is 4. The molecule has 15 nitrogen and oxygen atoms in total. The van der Waals surface area contributed by atoms with E-state index in [1.54, 1.807) is 34.1 Å². The number of carbonyl (C=O) groups is 4. The van der Waals surface area contributed by atoms with Crippen LogP contribution in [0.5, 0.6) is 5.75 Å². The molecule has 68 heavy (non-hydrogen) atoms. The van der Waals surface area contributed by atoms with Gasteiger partial charge in [0.1, 0.15) is 11.8 Å². The van der Waals surface area contributed by atoms with E-state index in [9.17, 15) is 24.3 Å². The van der Waals surface area contributed by atoms with Gasteiger partial charge in [0.15, 0.2) is 0 Å². The standard InChI is InChI=1S/C45H62N6O5.C8H12N2O2/c1-11-50-39-18-17-32(26-36(39)37(27-45(6,7)28-56-12-2)42(50)35-16-15-19-46-40(35)30(5)55-10)33-22-31(23-34(52)25-33)24-38(44(54)51-21-14-13-20-47-51)48-43(53)41(29(3)4)49(8)9;1-2-8(12)10-5-3-9(7-11)4-6-10/h12,15-19,22-23,25-26,29-30,38,41,47,52H,2,11,13-14,20-21,24,27-28H2,1,3-10H3,(H,48,53);2,7H,1,3-6H2. The van der Waals surface area contributed by atoms with Gasteiger partial charge in [-0.25, -0.2) is 5.43 Å². The van der Waals surface area contributed by atoms with E-state index in [4.69, 9.17) is 14.5 Å². The molecule has 2 aromatic heterocycles. The average Bonchev–Trinajstić information content (AvgIpc) is 3.63. The second kappa shape index (κ2) is 24.3. The molecule has 3 N–H and O–H groups in total. The summed E-state index contributed by atoms with van der Waals surface area (Å²) in [5.41, 5.74) is 10.7. The summed E-state index contributed by atoms with van der Waals surface area (Å²) < 4.78 is 13.9. The van der Waals surface area contributed by atoms with Gasteiger partial charge in [0.05, 0.1) is 36.4 Å². The van der Waals surface area contributed by atoms with Gasteiger partial charge < -0.3 is 34.3 Å². The molecule has 2 fully saturated rings. The van der Waals surface area contributed by atoms with Crippen molar-refractivity contribution in [1.82, 2.24) is 40.0 Å². The lowest BCUT2D eigenvalue weighted by Crippen LogP contribution is -2.58. The van der Waals surface area contributed by atoms with Gasteiger partial charge >= 0.3 is 0 Å². The second-order valence-corrected chi connectivity index (χ2v) is 19.0. The molecule has 3 atom stereocenters. The molecule has 2 aliphatic heterocycles. The van der Waals surface area contributed by atoms with E-state index >= 15 is 0 Å². The third-order valence-corrected chi connectivity index (χ3v) is 12.7. The van der Waals surface area contributed by atoms with Crippen LogP contribution in [-0.4, -0.2) is 138 Å². The van der Waals surface area contributed by atoms with Crippen LogP contribution < -0.4 is 10.7 Å². The lowest BCUT2D eigenvalue weighted by atomic mass is 9.84. The average molecular weight is 935 g/mol. The number of benzene rings is 2. The summed E-state index contributed by atoms with van der Waals surface area (Å²) in [6.45, 7) is 24.7. The number of aromatic hydroxyl groups is 1. The van der Waals surface area contributed by atoms with E-state index in [1.165, 1.54) is 17.9 Å². The summed E-state index contributed by atoms with van der Waals surface area (Å²) >= 11 is 0. The first kappa shape index (κ1) is 52.9. The van der Waals surface area contributed by atoms with E-state index in [2.05, 4.69) is 73.5 Å². The minimum Gasteiger partial charge on any atom is -0.508 e. The van der Waals surface area contributed by atoms with Crippen molar-refractivity contribution in [3.05, 3.63) is 97.0 Å². The van der Waals surface area contributed by atoms with Crippen LogP contribution in [0.4, 0.5) is 0 Å². The highest BCUT2D eigenvalue weighted by Gasteiger charge is 2.33. The van der Waals surface area contributed by atoms with Crippen LogP contribution in [-0.2, 0) is 48.0 Å². The summed E-state index contributed by atoms with van der Waals surface area (Å²) in [4.78, 5) is 59.1. The number of amides is 4. The number of fused-ring (bicyclic) bond motifs is 1. The third-order valence-electron chi connectivity index (χ3n) is 12.7. The largest absolute Gasteiger partial charge is 0.508 e. The number of hydrogen-bond donors (Lipinski definition) is 3. The summed E-state index contributed by atoms with van der Waals surface area (Å²) in [7, 11) is 5.45. The van der Waals surface area contributed by atoms with Crippen LogP contribution in [0.3, 0.4) is 0 Å². The Hall–Kier alpha value is -6.03. The zero-order valence-corrected chi connectivity index (χ0v) is 41.7. The molecule has 2 aromatic carbocycles. The van der Waals surface area contributed by atoms with Crippen molar-refractivity contribution in [2.24, 2.45) is 11.3 Å². The Morgan fingerprint density at radius 3 is 2.34 bits per heavy atom. The van der Waals surface area contributed by atoms with Crippen molar-refractivity contribution >= 4 is 35.0 Å². The topological polar surface area (TPSA) is 162 Å². The Morgan fingerprint density at radius 2 is 1.74 bits per heavy atom. The molecular formula is C53H74N8O7. The SMILES string of the molecule is C=CC(=O)N1CCN(C=O)CC1.C=COCC(C)(C)Cc1c(-c2cccnc2C(C)OC)n(CC)c2ccc(-c3cc(O)cc(CC(NC(=O)C(C(C)C)N(C)C)C(=O)N4CCCCN4)c3)cc12. The van der Waals surface area contributed by atoms with Gasteiger partial charge in [-0.3, -0.25) is 34.1 Å². The van der Waals surface area contributed by atoms with Crippen molar-refractivity contribution in [3.63, 3.8) is 0 Å². The molecule has 2 saturated heterocycles. The second-order valence-electron chi connectivity index (χ2n) is 19.0. The van der Waals surface area contributed by atoms with Gasteiger partial charge in [0.2, 0.25) is 18.2 Å². The summed E-state index contributed by atoms with van der Waals surface area (Å²) in [5, 5.41) is 17.0. The molecule has 3 unspecified atom stereocenters. The van der Waals surface area contributed by atoms with Gasteiger partial charge in [0, 0.05) is 87.4 Å². The molecule has 4 aromatic rings. The number of rotatable bonds is 19. The number of phenolic OH excluding ortho intramolecular Hbond substituents is 1. The maximum absolute atomic E-state index is 14.0. The highest BCUT2D eigenvalue weighted by molar-refractivity contribution is 5.95. The number of hydrogen-bond acceptors (Lipinski definition) is 10. The van der Waals surface area contributed by atoms with E-state index in [0.717, 1.165) is 70.3 Å². The van der Waals surface area contributed by atoms with Gasteiger partial charge in [-0.2, -0.15) is 0 Å². The minimum atomic E-state index is -0.831. The number of nitrogens with zero attached hydrogens (tertiary/aromatic N) is 6. The summed E-state index contributed by atoms with van der Waals surface area (Å²) in [5.74, 6) is -0.321. The number of hydrazine groups is 1. The normalized spacial score (nSPS) is 15.6. The first-order valence-corrected chi connectivity index (χ1v) is 23.8. The lowest BCUT2D eigenvalue weighted by Gasteiger charge is -2.33. The Kier molecular flexibility index (Phi) is 18.9. The highest BCUT2D eigenvalue weighted by atomic mass is 16.5. The highest BCUT2D eigenvalue weighted by Crippen LogP contribution is 2.42. The zero-order valence-electron chi connectivity index (χ0n) is 41.7. The van der Waals surface area contributed by atoms with Crippen LogP contribution in [0.15, 0.2) is 80.2 Å². The van der Waals surface area contributed by atoms with E-state index in [1.807, 2.05) is 58.1 Å². The van der Waals surface area contributed by atoms with Crippen LogP contribution in [0.25, 0.3) is 33.3 Å². The van der Waals surface area contributed by atoms with Gasteiger partial charge in [-0.15, -0.1) is 0 Å². The lowest BCUT2D eigenvalue weighted by molar-refractivity contribution is -0.141. The minimum absolute atomic E-state index is 0.0392. The number of pyridine rings is 1. The smallest absolute Gasteiger partial charge is 0.259 e. The van der Waals surface area contributed by atoms with E-state index in [0.29, 0.717) is 52.3 Å². The Morgan fingerprint density at radius 1 is 1.00 bits per heavy atom. The van der Waals surface area contributed by atoms with Gasteiger partial charge in [-0.1, -0.05) is 53.0 Å². The van der Waals surface area contributed by atoms with Crippen molar-refractivity contribution in [2.45, 2.75) is 92.0 Å². The predicted octanol–water partition coefficient (Wildman–Crippen LogP) is 6.75. The third kappa shape index (κ3) is 13.1. The van der Waals surface area contributed by atoms with Gasteiger partial charge in [0.25, 0.3) is 5.91 Å². The van der Waals surface area contributed by atoms with Crippen LogP contribution in [0.2, 0.25) is 0 Å². The fourth-order valence-electron chi connectivity index (χ4n) is 9.31. The number of aromatic nitrogens is 2. The number of aryl methyl sites for hydroxylation is 1. The molecule has 6 rings (SSSR count). The maximum atomic E-state index is 14.0. The Bertz CT molecular complexity index is 2370. The first-order valence-electron chi connectivity index (χ1n) is 23.8. The molecule has 0 spiro atoms. The van der Waals surface area contributed by atoms with Gasteiger partial charge in [-0.05, 0) is 118 Å². The van der Waals surface area contributed by atoms with Crippen LogP contribution >= 0.6 is 0 Å². The molecule has 15 heteroatoms. The fraction of sp³-hybridized carbons (Fsp3) is 0.491. The molecule has 0 radical (unpaired) electrons. The molecule has 4 amide bonds. The number of nitrogens with one attached hydrogen (secondary N) is 2. The zero-order chi connectivity index (χ0) is 49.7. The van der Waals surface area contributed by atoms with Crippen molar-refractivity contribution in [3.8, 4) is 28.1 Å². The van der Waals surface area contributed by atoms with Crippen molar-refractivity contribution in [1.29, 1.82) is 0 Å². The Balaban J connectivity index is 0.000000626. The number of likely N-dealkylation sites (N-methyl/N-ethyl adjacent to an activating group) is 1. The molecule has 2 aliphatic rings. The van der Waals surface area contributed by atoms with Crippen LogP contribution in [0, 0.1) is 11.3 Å². The van der Waals surface area contributed by atoms with Crippen LogP contribution in [0.1, 0.15) is 77.3 Å². The molecule has 0 bridgehead atoms. The van der Waals surface area contributed by atoms with E-state index < -0.39 is 12.1 Å².